The molecule has 0 radical (unpaired) electrons. The van der Waals surface area contributed by atoms with Crippen molar-refractivity contribution in [3.05, 3.63) is 30.2 Å². The lowest BCUT2D eigenvalue weighted by Gasteiger charge is -2.13. The lowest BCUT2D eigenvalue weighted by molar-refractivity contribution is -0.123. The molecule has 1 aliphatic carbocycles. The summed E-state index contributed by atoms with van der Waals surface area (Å²) in [5, 5.41) is 7.05. The Bertz CT molecular complexity index is 641. The van der Waals surface area contributed by atoms with Gasteiger partial charge in [-0.25, -0.2) is 0 Å². The lowest BCUT2D eigenvalue weighted by atomic mass is 10.0. The first-order chi connectivity index (χ1) is 11.1. The predicted octanol–water partition coefficient (Wildman–Crippen LogP) is 2.90. The van der Waals surface area contributed by atoms with E-state index in [1.54, 1.807) is 24.5 Å². The minimum Gasteiger partial charge on any atom is -0.461 e. The van der Waals surface area contributed by atoms with Gasteiger partial charge in [0.2, 0.25) is 11.7 Å². The third kappa shape index (κ3) is 3.47. The Hall–Kier alpha value is -2.08. The van der Waals surface area contributed by atoms with E-state index in [1.807, 2.05) is 13.8 Å². The van der Waals surface area contributed by atoms with Crippen molar-refractivity contribution < 1.29 is 18.5 Å². The molecule has 0 saturated heterocycles. The molecule has 2 aromatic rings. The molecule has 0 unspecified atom stereocenters. The summed E-state index contributed by atoms with van der Waals surface area (Å²) < 4.78 is 16.1. The number of ether oxygens (including phenoxy) is 1. The van der Waals surface area contributed by atoms with E-state index in [-0.39, 0.29) is 12.0 Å². The molecule has 23 heavy (non-hydrogen) atoms. The van der Waals surface area contributed by atoms with Crippen LogP contribution in [0, 0.1) is 0 Å². The molecule has 3 rings (SSSR count). The van der Waals surface area contributed by atoms with E-state index in [1.165, 1.54) is 0 Å². The van der Waals surface area contributed by atoms with Crippen molar-refractivity contribution in [2.45, 2.75) is 44.6 Å². The van der Waals surface area contributed by atoms with Crippen LogP contribution in [0.4, 0.5) is 0 Å². The van der Waals surface area contributed by atoms with Crippen LogP contribution < -0.4 is 5.32 Å². The molecule has 2 aromatic heterocycles. The highest BCUT2D eigenvalue weighted by Crippen LogP contribution is 2.48. The average molecular weight is 318 g/mol. The van der Waals surface area contributed by atoms with Crippen LogP contribution >= 0.6 is 0 Å². The van der Waals surface area contributed by atoms with Crippen LogP contribution in [0.2, 0.25) is 0 Å². The Kier molecular flexibility index (Phi) is 4.52. The van der Waals surface area contributed by atoms with Gasteiger partial charge in [0.05, 0.1) is 23.5 Å². The zero-order chi connectivity index (χ0) is 16.3. The van der Waals surface area contributed by atoms with E-state index in [0.29, 0.717) is 30.4 Å². The van der Waals surface area contributed by atoms with Crippen molar-refractivity contribution in [1.29, 1.82) is 0 Å². The monoisotopic (exact) mass is 318 g/mol. The SMILES string of the molecule is CC(C)OCCCNC(=O)C1(c2cc(-c3ccco3)on2)CC1. The molecule has 1 amide bonds. The molecule has 124 valence electrons. The summed E-state index contributed by atoms with van der Waals surface area (Å²) >= 11 is 0. The highest BCUT2D eigenvalue weighted by Gasteiger charge is 2.53. The molecule has 0 aliphatic heterocycles. The first-order valence-corrected chi connectivity index (χ1v) is 8.03. The van der Waals surface area contributed by atoms with Crippen LogP contribution in [-0.4, -0.2) is 30.3 Å². The predicted molar refractivity (Wildman–Crippen MR) is 83.8 cm³/mol. The maximum Gasteiger partial charge on any atom is 0.232 e. The zero-order valence-electron chi connectivity index (χ0n) is 13.5. The first kappa shape index (κ1) is 15.8. The molecule has 0 spiro atoms. The number of rotatable bonds is 8. The van der Waals surface area contributed by atoms with Gasteiger partial charge >= 0.3 is 0 Å². The summed E-state index contributed by atoms with van der Waals surface area (Å²) in [6.07, 6.45) is 4.19. The van der Waals surface area contributed by atoms with E-state index in [2.05, 4.69) is 10.5 Å². The van der Waals surface area contributed by atoms with E-state index >= 15 is 0 Å². The Morgan fingerprint density at radius 2 is 2.26 bits per heavy atom. The number of amides is 1. The number of nitrogens with zero attached hydrogens (tertiary/aromatic N) is 1. The Morgan fingerprint density at radius 3 is 2.91 bits per heavy atom. The zero-order valence-corrected chi connectivity index (χ0v) is 13.5. The molecule has 1 fully saturated rings. The standard InChI is InChI=1S/C17H22N2O4/c1-12(2)21-10-4-8-18-16(20)17(6-7-17)15-11-14(23-19-15)13-5-3-9-22-13/h3,5,9,11-12H,4,6-8,10H2,1-2H3,(H,18,20). The highest BCUT2D eigenvalue weighted by molar-refractivity contribution is 5.90. The number of carbonyl (C=O) groups excluding carboxylic acids is 1. The minimum atomic E-state index is -0.534. The number of nitrogens with one attached hydrogen (secondary N) is 1. The van der Waals surface area contributed by atoms with Crippen LogP contribution in [0.15, 0.2) is 33.4 Å². The van der Waals surface area contributed by atoms with Crippen molar-refractivity contribution in [2.75, 3.05) is 13.2 Å². The van der Waals surface area contributed by atoms with Crippen LogP contribution in [-0.2, 0) is 14.9 Å². The summed E-state index contributed by atoms with van der Waals surface area (Å²) in [6, 6.07) is 5.39. The Labute approximate surface area is 135 Å². The molecule has 0 atom stereocenters. The second-order valence-electron chi connectivity index (χ2n) is 6.16. The van der Waals surface area contributed by atoms with Crippen LogP contribution in [0.25, 0.3) is 11.5 Å². The van der Waals surface area contributed by atoms with Gasteiger partial charge in [0.15, 0.2) is 5.76 Å². The maximum atomic E-state index is 12.5. The smallest absolute Gasteiger partial charge is 0.232 e. The second kappa shape index (κ2) is 6.58. The largest absolute Gasteiger partial charge is 0.461 e. The van der Waals surface area contributed by atoms with Crippen LogP contribution in [0.3, 0.4) is 0 Å². The van der Waals surface area contributed by atoms with Crippen LogP contribution in [0.1, 0.15) is 38.8 Å². The van der Waals surface area contributed by atoms with Gasteiger partial charge in [-0.15, -0.1) is 0 Å². The van der Waals surface area contributed by atoms with Crippen molar-refractivity contribution >= 4 is 5.91 Å². The van der Waals surface area contributed by atoms with E-state index in [0.717, 1.165) is 19.3 Å². The topological polar surface area (TPSA) is 77.5 Å². The average Bonchev–Trinajstić information content (AvgIpc) is 2.96. The molecule has 6 heteroatoms. The first-order valence-electron chi connectivity index (χ1n) is 8.03. The number of furan rings is 1. The Morgan fingerprint density at radius 1 is 1.43 bits per heavy atom. The van der Waals surface area contributed by atoms with Crippen molar-refractivity contribution in [1.82, 2.24) is 10.5 Å². The molecular formula is C17H22N2O4. The molecule has 0 aromatic carbocycles. The summed E-state index contributed by atoms with van der Waals surface area (Å²) in [5.41, 5.74) is 0.146. The van der Waals surface area contributed by atoms with Gasteiger partial charge in [0.1, 0.15) is 0 Å². The Balaban J connectivity index is 1.56. The third-order valence-corrected chi connectivity index (χ3v) is 4.01. The summed E-state index contributed by atoms with van der Waals surface area (Å²) in [6.45, 7) is 5.26. The highest BCUT2D eigenvalue weighted by atomic mass is 16.5. The van der Waals surface area contributed by atoms with E-state index < -0.39 is 5.41 Å². The molecule has 6 nitrogen and oxygen atoms in total. The maximum absolute atomic E-state index is 12.5. The summed E-state index contributed by atoms with van der Waals surface area (Å²) in [4.78, 5) is 12.5. The molecule has 1 N–H and O–H groups in total. The molecule has 1 saturated carbocycles. The van der Waals surface area contributed by atoms with Crippen molar-refractivity contribution in [2.24, 2.45) is 0 Å². The van der Waals surface area contributed by atoms with Crippen LogP contribution in [0.5, 0.6) is 0 Å². The fourth-order valence-electron chi connectivity index (χ4n) is 2.52. The van der Waals surface area contributed by atoms with Gasteiger partial charge in [0.25, 0.3) is 0 Å². The summed E-state index contributed by atoms with van der Waals surface area (Å²) in [7, 11) is 0. The fourth-order valence-corrected chi connectivity index (χ4v) is 2.52. The quantitative estimate of drug-likeness (QED) is 0.757. The second-order valence-corrected chi connectivity index (χ2v) is 6.16. The van der Waals surface area contributed by atoms with Gasteiger partial charge in [-0.3, -0.25) is 4.79 Å². The summed E-state index contributed by atoms with van der Waals surface area (Å²) in [5.74, 6) is 1.18. The lowest BCUT2D eigenvalue weighted by Crippen LogP contribution is -2.35. The van der Waals surface area contributed by atoms with Gasteiger partial charge < -0.3 is 19.0 Å². The van der Waals surface area contributed by atoms with Crippen molar-refractivity contribution in [3.63, 3.8) is 0 Å². The number of hydrogen-bond donors (Lipinski definition) is 1. The fraction of sp³-hybridized carbons (Fsp3) is 0.529. The number of hydrogen-bond acceptors (Lipinski definition) is 5. The third-order valence-electron chi connectivity index (χ3n) is 4.01. The van der Waals surface area contributed by atoms with Gasteiger partial charge in [-0.05, 0) is 45.2 Å². The van der Waals surface area contributed by atoms with Gasteiger partial charge in [-0.2, -0.15) is 0 Å². The minimum absolute atomic E-state index is 0.0151. The molecule has 2 heterocycles. The molecule has 0 bridgehead atoms. The van der Waals surface area contributed by atoms with Gasteiger partial charge in [0, 0.05) is 19.2 Å². The van der Waals surface area contributed by atoms with Gasteiger partial charge in [-0.1, -0.05) is 5.16 Å². The normalized spacial score (nSPS) is 15.8. The van der Waals surface area contributed by atoms with E-state index in [4.69, 9.17) is 13.7 Å². The van der Waals surface area contributed by atoms with Crippen molar-refractivity contribution in [3.8, 4) is 11.5 Å². The van der Waals surface area contributed by atoms with E-state index in [9.17, 15) is 4.79 Å². The molecular weight excluding hydrogens is 296 g/mol. The molecule has 1 aliphatic rings. The number of carbonyl (C=O) groups is 1. The number of aromatic nitrogens is 1.